The van der Waals surface area contributed by atoms with Crippen molar-refractivity contribution in [2.45, 2.75) is 58.0 Å². The van der Waals surface area contributed by atoms with Gasteiger partial charge in [-0.05, 0) is 32.8 Å². The van der Waals surface area contributed by atoms with Crippen LogP contribution in [0.4, 0.5) is 0 Å². The van der Waals surface area contributed by atoms with Gasteiger partial charge in [0.25, 0.3) is 5.91 Å². The molecule has 7 heteroatoms. The number of sulfonamides is 1. The first-order chi connectivity index (χ1) is 9.76. The summed E-state index contributed by atoms with van der Waals surface area (Å²) in [6, 6.07) is 1.48. The summed E-state index contributed by atoms with van der Waals surface area (Å²) in [5, 5.41) is 5.16. The third kappa shape index (κ3) is 4.07. The van der Waals surface area contributed by atoms with Crippen LogP contribution in [0.3, 0.4) is 0 Å². The van der Waals surface area contributed by atoms with Crippen LogP contribution >= 0.6 is 0 Å². The van der Waals surface area contributed by atoms with Crippen molar-refractivity contribution in [1.82, 2.24) is 9.47 Å². The number of nitrogens with two attached hydrogens (primary N) is 1. The van der Waals surface area contributed by atoms with Crippen LogP contribution in [-0.2, 0) is 16.6 Å². The molecular weight excluding hydrogens is 290 g/mol. The average molecular weight is 315 g/mol. The number of hydrogen-bond acceptors (Lipinski definition) is 3. The van der Waals surface area contributed by atoms with E-state index >= 15 is 0 Å². The molecule has 1 unspecified atom stereocenters. The highest BCUT2D eigenvalue weighted by Gasteiger charge is 2.24. The van der Waals surface area contributed by atoms with E-state index in [4.69, 9.17) is 5.14 Å². The highest BCUT2D eigenvalue weighted by Crippen LogP contribution is 2.17. The Kier molecular flexibility index (Phi) is 5.98. The largest absolute Gasteiger partial charge is 0.342 e. The number of hydrogen-bond donors (Lipinski definition) is 1. The fourth-order valence-electron chi connectivity index (χ4n) is 2.27. The Morgan fingerprint density at radius 3 is 2.43 bits per heavy atom. The molecule has 0 aliphatic heterocycles. The average Bonchev–Trinajstić information content (AvgIpc) is 2.83. The summed E-state index contributed by atoms with van der Waals surface area (Å²) in [5.74, 6) is -0.157. The van der Waals surface area contributed by atoms with Gasteiger partial charge in [0, 0.05) is 25.3 Å². The molecular formula is C14H25N3O3S. The lowest BCUT2D eigenvalue weighted by molar-refractivity contribution is 0.0688. The number of aromatic nitrogens is 1. The first-order valence-corrected chi connectivity index (χ1v) is 8.84. The fraction of sp³-hybridized carbons (Fsp3) is 0.643. The summed E-state index contributed by atoms with van der Waals surface area (Å²) >= 11 is 0. The summed E-state index contributed by atoms with van der Waals surface area (Å²) in [5.41, 5.74) is 0.378. The summed E-state index contributed by atoms with van der Waals surface area (Å²) < 4.78 is 24.7. The maximum absolute atomic E-state index is 12.7. The first-order valence-electron chi connectivity index (χ1n) is 7.30. The van der Waals surface area contributed by atoms with Crippen LogP contribution in [0.1, 0.15) is 51.0 Å². The quantitative estimate of drug-likeness (QED) is 0.832. The van der Waals surface area contributed by atoms with E-state index in [1.165, 1.54) is 12.3 Å². The Morgan fingerprint density at radius 2 is 2.00 bits per heavy atom. The Bertz CT molecular complexity index is 593. The van der Waals surface area contributed by atoms with Crippen molar-refractivity contribution in [3.63, 3.8) is 0 Å². The van der Waals surface area contributed by atoms with Crippen molar-refractivity contribution in [3.05, 3.63) is 18.0 Å². The molecule has 0 aromatic carbocycles. The Labute approximate surface area is 127 Å². The molecule has 0 radical (unpaired) electrons. The van der Waals surface area contributed by atoms with Gasteiger partial charge in [-0.15, -0.1) is 0 Å². The van der Waals surface area contributed by atoms with E-state index in [2.05, 4.69) is 0 Å². The van der Waals surface area contributed by atoms with Crippen molar-refractivity contribution in [1.29, 1.82) is 0 Å². The predicted octanol–water partition coefficient (Wildman–Crippen LogP) is 1.81. The van der Waals surface area contributed by atoms with Crippen molar-refractivity contribution in [2.75, 3.05) is 6.54 Å². The molecule has 0 spiro atoms. The molecule has 1 aromatic heterocycles. The molecule has 2 N–H and O–H groups in total. The van der Waals surface area contributed by atoms with Crippen LogP contribution in [0.15, 0.2) is 17.2 Å². The highest BCUT2D eigenvalue weighted by molar-refractivity contribution is 7.89. The van der Waals surface area contributed by atoms with Crippen LogP contribution in [0.5, 0.6) is 0 Å². The highest BCUT2D eigenvalue weighted by atomic mass is 32.2. The zero-order chi connectivity index (χ0) is 16.2. The lowest BCUT2D eigenvalue weighted by Crippen LogP contribution is -2.39. The molecule has 0 saturated carbocycles. The van der Waals surface area contributed by atoms with Gasteiger partial charge in [0.1, 0.15) is 10.6 Å². The number of aryl methyl sites for hydroxylation is 1. The third-order valence-electron chi connectivity index (χ3n) is 3.61. The maximum Gasteiger partial charge on any atom is 0.270 e. The van der Waals surface area contributed by atoms with Crippen LogP contribution in [0.2, 0.25) is 0 Å². The summed E-state index contributed by atoms with van der Waals surface area (Å²) in [4.78, 5) is 14.4. The Balaban J connectivity index is 3.26. The Morgan fingerprint density at radius 1 is 1.38 bits per heavy atom. The molecule has 6 nitrogen and oxygen atoms in total. The van der Waals surface area contributed by atoms with Crippen molar-refractivity contribution in [2.24, 2.45) is 5.14 Å². The topological polar surface area (TPSA) is 85.4 Å². The van der Waals surface area contributed by atoms with Gasteiger partial charge in [-0.3, -0.25) is 4.79 Å². The predicted molar refractivity (Wildman–Crippen MR) is 82.6 cm³/mol. The van der Waals surface area contributed by atoms with E-state index in [0.717, 1.165) is 12.8 Å². The van der Waals surface area contributed by atoms with Gasteiger partial charge in [-0.1, -0.05) is 13.8 Å². The minimum atomic E-state index is -3.81. The molecule has 0 fully saturated rings. The summed E-state index contributed by atoms with van der Waals surface area (Å²) in [6.45, 7) is 9.04. The van der Waals surface area contributed by atoms with E-state index in [0.29, 0.717) is 18.8 Å². The van der Waals surface area contributed by atoms with Gasteiger partial charge in [-0.2, -0.15) is 0 Å². The second-order valence-electron chi connectivity index (χ2n) is 5.15. The van der Waals surface area contributed by atoms with Crippen LogP contribution < -0.4 is 5.14 Å². The number of carbonyl (C=O) groups is 1. The van der Waals surface area contributed by atoms with Crippen LogP contribution in [0.25, 0.3) is 0 Å². The Hall–Kier alpha value is -1.34. The molecule has 1 rings (SSSR count). The van der Waals surface area contributed by atoms with Gasteiger partial charge >= 0.3 is 0 Å². The van der Waals surface area contributed by atoms with Crippen molar-refractivity contribution in [3.8, 4) is 0 Å². The number of amides is 1. The van der Waals surface area contributed by atoms with Crippen LogP contribution in [0, 0.1) is 0 Å². The molecule has 0 aliphatic carbocycles. The third-order valence-corrected chi connectivity index (χ3v) is 4.49. The minimum Gasteiger partial charge on any atom is -0.342 e. The fourth-order valence-corrected chi connectivity index (χ4v) is 2.82. The maximum atomic E-state index is 12.7. The van der Waals surface area contributed by atoms with Gasteiger partial charge in [0.05, 0.1) is 0 Å². The lowest BCUT2D eigenvalue weighted by atomic mass is 10.2. The van der Waals surface area contributed by atoms with Gasteiger partial charge < -0.3 is 9.47 Å². The smallest absolute Gasteiger partial charge is 0.270 e. The molecule has 1 amide bonds. The van der Waals surface area contributed by atoms with Crippen molar-refractivity contribution < 1.29 is 13.2 Å². The van der Waals surface area contributed by atoms with E-state index in [-0.39, 0.29) is 16.8 Å². The number of nitrogens with zero attached hydrogens (tertiary/aromatic N) is 2. The second-order valence-corrected chi connectivity index (χ2v) is 6.71. The van der Waals surface area contributed by atoms with Gasteiger partial charge in [0.15, 0.2) is 0 Å². The molecule has 120 valence electrons. The molecule has 0 saturated heterocycles. The second kappa shape index (κ2) is 7.09. The lowest BCUT2D eigenvalue weighted by Gasteiger charge is -2.27. The standard InChI is InChI=1S/C14H25N3O3S/c1-5-8-16-10-12(21(15,19)20)9-13(16)14(18)17(7-3)11(4)6-2/h9-11H,5-8H2,1-4H3,(H2,15,19,20). The molecule has 21 heavy (non-hydrogen) atoms. The van der Waals surface area contributed by atoms with Crippen molar-refractivity contribution >= 4 is 15.9 Å². The normalized spacial score (nSPS) is 13.2. The number of primary sulfonamides is 1. The summed E-state index contributed by atoms with van der Waals surface area (Å²) in [6.07, 6.45) is 3.08. The molecule has 0 bridgehead atoms. The van der Waals surface area contributed by atoms with Gasteiger partial charge in [-0.25, -0.2) is 13.6 Å². The monoisotopic (exact) mass is 315 g/mol. The summed E-state index contributed by atoms with van der Waals surface area (Å²) in [7, 11) is -3.81. The number of carbonyl (C=O) groups excluding carboxylic acids is 1. The minimum absolute atomic E-state index is 0.0143. The SMILES string of the molecule is CCCn1cc(S(N)(=O)=O)cc1C(=O)N(CC)C(C)CC. The van der Waals surface area contributed by atoms with E-state index in [1.807, 2.05) is 27.7 Å². The molecule has 1 heterocycles. The zero-order valence-corrected chi connectivity index (χ0v) is 14.0. The van der Waals surface area contributed by atoms with Crippen LogP contribution in [-0.4, -0.2) is 36.4 Å². The zero-order valence-electron chi connectivity index (χ0n) is 13.2. The van der Waals surface area contributed by atoms with Gasteiger partial charge in [0.2, 0.25) is 10.0 Å². The first kappa shape index (κ1) is 17.7. The number of rotatable bonds is 7. The molecule has 1 atom stereocenters. The molecule has 1 aromatic rings. The van der Waals surface area contributed by atoms with E-state index in [1.54, 1.807) is 9.47 Å². The molecule has 0 aliphatic rings. The van der Waals surface area contributed by atoms with E-state index < -0.39 is 10.0 Å². The van der Waals surface area contributed by atoms with E-state index in [9.17, 15) is 13.2 Å².